The van der Waals surface area contributed by atoms with Crippen LogP contribution in [0.2, 0.25) is 0 Å². The maximum Gasteiger partial charge on any atom is 0.127 e. The summed E-state index contributed by atoms with van der Waals surface area (Å²) in [4.78, 5) is 0. The topological polar surface area (TPSA) is 40.5 Å². The summed E-state index contributed by atoms with van der Waals surface area (Å²) in [5, 5.41) is 26.6. The quantitative estimate of drug-likeness (QED) is 0.160. The molecule has 2 heteroatoms. The van der Waals surface area contributed by atoms with Crippen LogP contribution in [0.25, 0.3) is 89.0 Å². The molecule has 0 spiro atoms. The Balaban J connectivity index is 1.02. The molecule has 0 saturated heterocycles. The Kier molecular flexibility index (Phi) is 9.30. The predicted octanol–water partition coefficient (Wildman–Crippen LogP) is 17.0. The predicted molar refractivity (Wildman–Crippen MR) is 288 cm³/mol. The number of hydrogen-bond acceptors (Lipinski definition) is 2. The number of aromatic hydroxyl groups is 2. The van der Waals surface area contributed by atoms with Crippen LogP contribution < -0.4 is 0 Å². The largest absolute Gasteiger partial charge is 0.507 e. The highest BCUT2D eigenvalue weighted by molar-refractivity contribution is 5.94. The van der Waals surface area contributed by atoms with Gasteiger partial charge < -0.3 is 10.2 Å². The van der Waals surface area contributed by atoms with Gasteiger partial charge >= 0.3 is 0 Å². The molecule has 10 aromatic rings. The van der Waals surface area contributed by atoms with Crippen molar-refractivity contribution in [2.75, 3.05) is 0 Å². The molecule has 0 heterocycles. The summed E-state index contributed by atoms with van der Waals surface area (Å²) in [5.74, 6) is 0.218. The van der Waals surface area contributed by atoms with Crippen molar-refractivity contribution in [1.82, 2.24) is 0 Å². The molecule has 10 aromatic carbocycles. The van der Waals surface area contributed by atoms with Gasteiger partial charge in [-0.25, -0.2) is 0 Å². The molecular weight excluding hydrogens is 849 g/mol. The Hall–Kier alpha value is -8.20. The molecule has 4 aliphatic carbocycles. The van der Waals surface area contributed by atoms with Crippen LogP contribution >= 0.6 is 0 Å². The van der Waals surface area contributed by atoms with Crippen LogP contribution in [0.15, 0.2) is 194 Å². The lowest BCUT2D eigenvalue weighted by Crippen LogP contribution is -2.06. The van der Waals surface area contributed by atoms with Crippen LogP contribution in [-0.4, -0.2) is 10.2 Å². The first kappa shape index (κ1) is 40.8. The lowest BCUT2D eigenvalue weighted by Gasteiger charge is -2.26. The third kappa shape index (κ3) is 6.19. The standard InChI is InChI=1S/C68H50O2/c1-2-15-52(63-36-44(50-24-11-26-53-46-20-7-3-16-40(46)32-59(50)53)38-65(67(63)69)57-30-13-28-55-48-22-9-5-18-42(48)34-61(55)57)64-37-45(51-25-12-27-54-47-21-8-4-17-41(47)33-60(51)54)39-66(68(64)70)58-31-14-29-56-49-23-10-6-19-43(49)35-62(56)58/h3-14,16-31,36-39,52,69-70H,2,15,32-35H2,1H3. The molecule has 0 bridgehead atoms. The summed E-state index contributed by atoms with van der Waals surface area (Å²) in [5.41, 5.74) is 30.5. The van der Waals surface area contributed by atoms with E-state index in [1.807, 2.05) is 0 Å². The van der Waals surface area contributed by atoms with E-state index in [-0.39, 0.29) is 17.4 Å². The normalized spacial score (nSPS) is 13.1. The number of rotatable bonds is 8. The summed E-state index contributed by atoms with van der Waals surface area (Å²) in [7, 11) is 0. The van der Waals surface area contributed by atoms with E-state index >= 15 is 0 Å². The highest BCUT2D eigenvalue weighted by atomic mass is 16.3. The molecule has 14 rings (SSSR count). The Bertz CT molecular complexity index is 3580. The average molecular weight is 899 g/mol. The maximum absolute atomic E-state index is 13.3. The molecule has 4 aliphatic rings. The highest BCUT2D eigenvalue weighted by Crippen LogP contribution is 2.54. The lowest BCUT2D eigenvalue weighted by molar-refractivity contribution is 0.452. The van der Waals surface area contributed by atoms with Gasteiger partial charge in [0.1, 0.15) is 11.5 Å². The Labute approximate surface area is 409 Å². The van der Waals surface area contributed by atoms with Gasteiger partial charge in [0, 0.05) is 28.2 Å². The van der Waals surface area contributed by atoms with Crippen LogP contribution in [0, 0.1) is 0 Å². The molecule has 2 nitrogen and oxygen atoms in total. The van der Waals surface area contributed by atoms with E-state index in [0.717, 1.165) is 83.0 Å². The van der Waals surface area contributed by atoms with Gasteiger partial charge in [-0.2, -0.15) is 0 Å². The van der Waals surface area contributed by atoms with Gasteiger partial charge in [-0.15, -0.1) is 0 Å². The molecule has 0 saturated carbocycles. The van der Waals surface area contributed by atoms with Crippen LogP contribution in [0.4, 0.5) is 0 Å². The summed E-state index contributed by atoms with van der Waals surface area (Å²) in [6.45, 7) is 2.22. The SMILES string of the molecule is CCCC(c1cc(-c2cccc3c2Cc2ccccc2-3)cc(-c2cccc3c2Cc2ccccc2-3)c1O)c1cc(-c2cccc3c2Cc2ccccc2-3)cc(-c2cccc3c2Cc2ccccc2-3)c1O. The first-order valence-corrected chi connectivity index (χ1v) is 25.1. The van der Waals surface area contributed by atoms with E-state index in [0.29, 0.717) is 0 Å². The van der Waals surface area contributed by atoms with Gasteiger partial charge in [-0.1, -0.05) is 183 Å². The maximum atomic E-state index is 13.3. The summed E-state index contributed by atoms with van der Waals surface area (Å²) >= 11 is 0. The minimum Gasteiger partial charge on any atom is -0.507 e. The fraction of sp³-hybridized carbons (Fsp3) is 0.118. The van der Waals surface area contributed by atoms with E-state index in [1.165, 1.54) is 100 Å². The minimum atomic E-state index is -0.340. The summed E-state index contributed by atoms with van der Waals surface area (Å²) in [6, 6.07) is 70.6. The second kappa shape index (κ2) is 15.9. The zero-order valence-corrected chi connectivity index (χ0v) is 39.2. The van der Waals surface area contributed by atoms with Gasteiger partial charge in [0.15, 0.2) is 0 Å². The molecule has 334 valence electrons. The molecule has 0 radical (unpaired) electrons. The molecule has 0 atom stereocenters. The summed E-state index contributed by atoms with van der Waals surface area (Å²) < 4.78 is 0. The summed E-state index contributed by atoms with van der Waals surface area (Å²) in [6.07, 6.45) is 4.88. The molecule has 0 aliphatic heterocycles. The van der Waals surface area contributed by atoms with Gasteiger partial charge in [0.25, 0.3) is 0 Å². The Morgan fingerprint density at radius 2 is 0.586 bits per heavy atom. The van der Waals surface area contributed by atoms with Gasteiger partial charge in [-0.05, 0) is 179 Å². The minimum absolute atomic E-state index is 0.279. The number of phenols is 2. The van der Waals surface area contributed by atoms with Crippen molar-refractivity contribution in [1.29, 1.82) is 0 Å². The number of fused-ring (bicyclic) bond motifs is 12. The average Bonchev–Trinajstić information content (AvgIpc) is 4.19. The van der Waals surface area contributed by atoms with Crippen LogP contribution in [0.5, 0.6) is 11.5 Å². The fourth-order valence-electron chi connectivity index (χ4n) is 13.0. The van der Waals surface area contributed by atoms with Crippen molar-refractivity contribution in [2.45, 2.75) is 51.4 Å². The highest BCUT2D eigenvalue weighted by Gasteiger charge is 2.32. The molecule has 2 N–H and O–H groups in total. The Morgan fingerprint density at radius 3 is 0.914 bits per heavy atom. The molecule has 0 fully saturated rings. The van der Waals surface area contributed by atoms with Crippen LogP contribution in [0.3, 0.4) is 0 Å². The van der Waals surface area contributed by atoms with Crippen LogP contribution in [0.1, 0.15) is 81.3 Å². The first-order valence-electron chi connectivity index (χ1n) is 25.1. The van der Waals surface area contributed by atoms with Crippen molar-refractivity contribution < 1.29 is 10.2 Å². The number of hydrogen-bond donors (Lipinski definition) is 2. The molecule has 0 unspecified atom stereocenters. The number of phenolic OH excluding ortho intramolecular Hbond substituents is 2. The van der Waals surface area contributed by atoms with Gasteiger partial charge in [-0.3, -0.25) is 0 Å². The monoisotopic (exact) mass is 898 g/mol. The van der Waals surface area contributed by atoms with E-state index < -0.39 is 0 Å². The molecule has 0 amide bonds. The van der Waals surface area contributed by atoms with Crippen molar-refractivity contribution in [3.63, 3.8) is 0 Å². The first-order chi connectivity index (χ1) is 34.5. The smallest absolute Gasteiger partial charge is 0.127 e. The zero-order valence-electron chi connectivity index (χ0n) is 39.2. The van der Waals surface area contributed by atoms with Crippen molar-refractivity contribution in [2.24, 2.45) is 0 Å². The molecule has 70 heavy (non-hydrogen) atoms. The molecule has 0 aromatic heterocycles. The zero-order chi connectivity index (χ0) is 46.6. The molecular formula is C68H50O2. The van der Waals surface area contributed by atoms with Crippen molar-refractivity contribution in [3.8, 4) is 101 Å². The third-order valence-electron chi connectivity index (χ3n) is 16.2. The Morgan fingerprint density at radius 1 is 0.314 bits per heavy atom. The van der Waals surface area contributed by atoms with Crippen molar-refractivity contribution in [3.05, 3.63) is 250 Å². The second-order valence-electron chi connectivity index (χ2n) is 19.9. The van der Waals surface area contributed by atoms with Gasteiger partial charge in [0.05, 0.1) is 0 Å². The van der Waals surface area contributed by atoms with E-state index in [4.69, 9.17) is 0 Å². The van der Waals surface area contributed by atoms with Crippen LogP contribution in [-0.2, 0) is 25.7 Å². The fourth-order valence-corrected chi connectivity index (χ4v) is 13.0. The second-order valence-corrected chi connectivity index (χ2v) is 19.9. The van der Waals surface area contributed by atoms with E-state index in [2.05, 4.69) is 201 Å². The van der Waals surface area contributed by atoms with Crippen molar-refractivity contribution >= 4 is 0 Å². The lowest BCUT2D eigenvalue weighted by atomic mass is 9.79. The third-order valence-corrected chi connectivity index (χ3v) is 16.2. The van der Waals surface area contributed by atoms with Gasteiger partial charge in [0.2, 0.25) is 0 Å². The van der Waals surface area contributed by atoms with E-state index in [1.54, 1.807) is 0 Å². The number of benzene rings is 10. The van der Waals surface area contributed by atoms with E-state index in [9.17, 15) is 10.2 Å².